The summed E-state index contributed by atoms with van der Waals surface area (Å²) >= 11 is 0. The third kappa shape index (κ3) is 23.2. The number of hydrogen-bond donors (Lipinski definition) is 0. The molecule has 0 bridgehead atoms. The Balaban J connectivity index is 3.05. The molecule has 0 radical (unpaired) electrons. The molecule has 0 rings (SSSR count). The molecule has 0 saturated carbocycles. The number of carbonyl (C=O) groups excluding carboxylic acids is 1. The van der Waals surface area contributed by atoms with Gasteiger partial charge in [0.05, 0.1) is 6.26 Å². The zero-order chi connectivity index (χ0) is 20.7. The molecule has 0 unspecified atom stereocenters. The highest BCUT2D eigenvalue weighted by atomic mass is 16.5. The number of rotatable bonds is 22. The van der Waals surface area contributed by atoms with E-state index in [9.17, 15) is 4.79 Å². The zero-order valence-electron chi connectivity index (χ0n) is 19.3. The molecule has 0 heterocycles. The van der Waals surface area contributed by atoms with Crippen LogP contribution >= 0.6 is 0 Å². The van der Waals surface area contributed by atoms with Gasteiger partial charge in [-0.05, 0) is 12.3 Å². The summed E-state index contributed by atoms with van der Waals surface area (Å²) in [6.07, 6.45) is 27.9. The van der Waals surface area contributed by atoms with Crippen LogP contribution in [-0.4, -0.2) is 5.97 Å². The van der Waals surface area contributed by atoms with Crippen molar-refractivity contribution < 1.29 is 9.53 Å². The van der Waals surface area contributed by atoms with Gasteiger partial charge in [0.25, 0.3) is 0 Å². The molecule has 0 fully saturated rings. The van der Waals surface area contributed by atoms with Crippen molar-refractivity contribution in [2.45, 2.75) is 142 Å². The van der Waals surface area contributed by atoms with E-state index in [-0.39, 0.29) is 5.97 Å². The summed E-state index contributed by atoms with van der Waals surface area (Å²) in [5.41, 5.74) is 0. The maximum Gasteiger partial charge on any atom is 0.310 e. The van der Waals surface area contributed by atoms with Gasteiger partial charge >= 0.3 is 5.97 Å². The first-order valence-corrected chi connectivity index (χ1v) is 12.5. The molecule has 166 valence electrons. The molecule has 0 aromatic carbocycles. The van der Waals surface area contributed by atoms with Gasteiger partial charge in [0.2, 0.25) is 0 Å². The number of ether oxygens (including phenoxy) is 1. The first kappa shape index (κ1) is 27.2. The highest BCUT2D eigenvalue weighted by molar-refractivity contribution is 5.69. The van der Waals surface area contributed by atoms with Gasteiger partial charge in [-0.25, -0.2) is 0 Å². The average molecular weight is 395 g/mol. The van der Waals surface area contributed by atoms with Crippen molar-refractivity contribution in [3.05, 3.63) is 12.8 Å². The maximum absolute atomic E-state index is 11.2. The Labute approximate surface area is 176 Å². The van der Waals surface area contributed by atoms with E-state index in [0.717, 1.165) is 18.8 Å². The molecule has 0 aromatic rings. The Morgan fingerprint density at radius 3 is 1.29 bits per heavy atom. The Hall–Kier alpha value is -0.790. The van der Waals surface area contributed by atoms with Crippen LogP contribution in [-0.2, 0) is 9.53 Å². The van der Waals surface area contributed by atoms with Gasteiger partial charge in [-0.3, -0.25) is 4.79 Å². The molecule has 0 saturated heterocycles. The summed E-state index contributed by atoms with van der Waals surface area (Å²) in [5, 5.41) is 0. The fourth-order valence-corrected chi connectivity index (χ4v) is 3.80. The smallest absolute Gasteiger partial charge is 0.310 e. The van der Waals surface area contributed by atoms with Crippen LogP contribution in [0.1, 0.15) is 142 Å². The van der Waals surface area contributed by atoms with Crippen LogP contribution in [0.4, 0.5) is 0 Å². The monoisotopic (exact) mass is 394 g/mol. The van der Waals surface area contributed by atoms with E-state index >= 15 is 0 Å². The standard InChI is InChI=1S/C26H50O2/c1-4-28-26(27)24-22-20-18-16-14-12-10-8-6-5-7-9-11-13-15-17-19-21-23-25(2)3/h4,25H,1,5-24H2,2-3H3. The number of hydrogen-bond acceptors (Lipinski definition) is 2. The summed E-state index contributed by atoms with van der Waals surface area (Å²) in [5.74, 6) is 0.735. The van der Waals surface area contributed by atoms with E-state index in [0.29, 0.717) is 6.42 Å². The minimum absolute atomic E-state index is 0.146. The second-order valence-electron chi connectivity index (χ2n) is 8.95. The second-order valence-corrected chi connectivity index (χ2v) is 8.95. The fourth-order valence-electron chi connectivity index (χ4n) is 3.80. The maximum atomic E-state index is 11.2. The lowest BCUT2D eigenvalue weighted by Gasteiger charge is -2.05. The Bertz CT molecular complexity index is 335. The Morgan fingerprint density at radius 2 is 0.964 bits per heavy atom. The van der Waals surface area contributed by atoms with Crippen LogP contribution in [0.25, 0.3) is 0 Å². The molecular formula is C26H50O2. The van der Waals surface area contributed by atoms with Crippen LogP contribution in [0, 0.1) is 5.92 Å². The minimum atomic E-state index is -0.146. The van der Waals surface area contributed by atoms with E-state index in [1.54, 1.807) is 0 Å². The molecule has 2 heteroatoms. The molecule has 0 aliphatic rings. The first-order chi connectivity index (χ1) is 13.7. The van der Waals surface area contributed by atoms with Crippen molar-refractivity contribution in [2.75, 3.05) is 0 Å². The van der Waals surface area contributed by atoms with Gasteiger partial charge in [0.15, 0.2) is 0 Å². The normalized spacial score (nSPS) is 11.1. The van der Waals surface area contributed by atoms with Crippen molar-refractivity contribution in [3.63, 3.8) is 0 Å². The van der Waals surface area contributed by atoms with Gasteiger partial charge in [0, 0.05) is 6.42 Å². The van der Waals surface area contributed by atoms with Crippen molar-refractivity contribution in [2.24, 2.45) is 5.92 Å². The van der Waals surface area contributed by atoms with Crippen LogP contribution in [0.3, 0.4) is 0 Å². The van der Waals surface area contributed by atoms with Gasteiger partial charge in [-0.15, -0.1) is 0 Å². The molecule has 0 atom stereocenters. The minimum Gasteiger partial charge on any atom is -0.435 e. The largest absolute Gasteiger partial charge is 0.435 e. The molecule has 0 aromatic heterocycles. The summed E-state index contributed by atoms with van der Waals surface area (Å²) in [6.45, 7) is 8.05. The third-order valence-corrected chi connectivity index (χ3v) is 5.63. The van der Waals surface area contributed by atoms with Crippen molar-refractivity contribution in [3.8, 4) is 0 Å². The lowest BCUT2D eigenvalue weighted by atomic mass is 10.0. The number of carbonyl (C=O) groups is 1. The quantitative estimate of drug-likeness (QED) is 0.104. The molecule has 0 spiro atoms. The highest BCUT2D eigenvalue weighted by Crippen LogP contribution is 2.15. The number of esters is 1. The average Bonchev–Trinajstić information content (AvgIpc) is 2.66. The lowest BCUT2D eigenvalue weighted by molar-refractivity contribution is -0.138. The molecule has 0 N–H and O–H groups in total. The summed E-state index contributed by atoms with van der Waals surface area (Å²) < 4.78 is 4.71. The fraction of sp³-hybridized carbons (Fsp3) is 0.885. The molecule has 28 heavy (non-hydrogen) atoms. The van der Waals surface area contributed by atoms with Crippen LogP contribution in [0.5, 0.6) is 0 Å². The Kier molecular flexibility index (Phi) is 21.9. The SMILES string of the molecule is C=COC(=O)CCCCCCCCCCCCCCCCCCCCC(C)C. The van der Waals surface area contributed by atoms with E-state index in [4.69, 9.17) is 4.74 Å². The van der Waals surface area contributed by atoms with Gasteiger partial charge in [-0.2, -0.15) is 0 Å². The van der Waals surface area contributed by atoms with Crippen LogP contribution < -0.4 is 0 Å². The van der Waals surface area contributed by atoms with Crippen LogP contribution in [0.15, 0.2) is 12.8 Å². The van der Waals surface area contributed by atoms with Crippen LogP contribution in [0.2, 0.25) is 0 Å². The second kappa shape index (κ2) is 22.5. The van der Waals surface area contributed by atoms with E-state index < -0.39 is 0 Å². The first-order valence-electron chi connectivity index (χ1n) is 12.5. The van der Waals surface area contributed by atoms with Crippen molar-refractivity contribution >= 4 is 5.97 Å². The molecule has 2 nitrogen and oxygen atoms in total. The predicted molar refractivity (Wildman–Crippen MR) is 123 cm³/mol. The zero-order valence-corrected chi connectivity index (χ0v) is 19.3. The lowest BCUT2D eigenvalue weighted by Crippen LogP contribution is -1.98. The summed E-state index contributed by atoms with van der Waals surface area (Å²) in [4.78, 5) is 11.2. The highest BCUT2D eigenvalue weighted by Gasteiger charge is 2.00. The van der Waals surface area contributed by atoms with E-state index in [2.05, 4.69) is 20.4 Å². The van der Waals surface area contributed by atoms with Crippen molar-refractivity contribution in [1.29, 1.82) is 0 Å². The van der Waals surface area contributed by atoms with E-state index in [1.165, 1.54) is 115 Å². The predicted octanol–water partition coefficient (Wildman–Crippen LogP) is 9.13. The van der Waals surface area contributed by atoms with Gasteiger partial charge < -0.3 is 4.74 Å². The third-order valence-electron chi connectivity index (χ3n) is 5.63. The topological polar surface area (TPSA) is 26.3 Å². The molecule has 0 amide bonds. The van der Waals surface area contributed by atoms with Gasteiger partial charge in [0.1, 0.15) is 0 Å². The molecular weight excluding hydrogens is 344 g/mol. The summed E-state index contributed by atoms with van der Waals surface area (Å²) in [6, 6.07) is 0. The van der Waals surface area contributed by atoms with Crippen molar-refractivity contribution in [1.82, 2.24) is 0 Å². The molecule has 0 aliphatic carbocycles. The number of unbranched alkanes of at least 4 members (excludes halogenated alkanes) is 17. The van der Waals surface area contributed by atoms with Gasteiger partial charge in [-0.1, -0.05) is 136 Å². The summed E-state index contributed by atoms with van der Waals surface area (Å²) in [7, 11) is 0. The Morgan fingerprint density at radius 1 is 0.643 bits per heavy atom. The molecule has 0 aliphatic heterocycles. The van der Waals surface area contributed by atoms with E-state index in [1.807, 2.05) is 0 Å².